The van der Waals surface area contributed by atoms with E-state index in [0.717, 1.165) is 0 Å². The predicted molar refractivity (Wildman–Crippen MR) is 95.4 cm³/mol. The van der Waals surface area contributed by atoms with Crippen LogP contribution in [0.2, 0.25) is 0 Å². The van der Waals surface area contributed by atoms with Gasteiger partial charge in [0.25, 0.3) is 5.91 Å². The molecule has 0 saturated carbocycles. The zero-order valence-electron chi connectivity index (χ0n) is 14.6. The number of amides is 1. The molecule has 2 aliphatic heterocycles. The van der Waals surface area contributed by atoms with Gasteiger partial charge >= 0.3 is 0 Å². The smallest absolute Gasteiger partial charge is 0.256 e. The van der Waals surface area contributed by atoms with E-state index in [9.17, 15) is 15.0 Å². The quantitative estimate of drug-likeness (QED) is 0.578. The van der Waals surface area contributed by atoms with Gasteiger partial charge in [-0.25, -0.2) is 15.0 Å². The summed E-state index contributed by atoms with van der Waals surface area (Å²) in [5.74, 6) is -0.0524. The molecule has 2 fully saturated rings. The third kappa shape index (κ3) is 2.43. The average Bonchev–Trinajstić information content (AvgIpc) is 3.39. The molecule has 4 heterocycles. The van der Waals surface area contributed by atoms with Crippen LogP contribution < -0.4 is 5.32 Å². The van der Waals surface area contributed by atoms with Crippen molar-refractivity contribution in [2.24, 2.45) is 0 Å². The van der Waals surface area contributed by atoms with Crippen LogP contribution in [-0.2, 0) is 9.47 Å². The monoisotopic (exact) mass is 383 g/mol. The van der Waals surface area contributed by atoms with Gasteiger partial charge in [-0.15, -0.1) is 0 Å². The SMILES string of the molecule is O=C(Nc1ncnc2c1ncn2[C@@H]1O[C@]2(CO)CO[C@H]1[C@H]2O)c1ccccc1. The van der Waals surface area contributed by atoms with E-state index < -0.39 is 24.0 Å². The summed E-state index contributed by atoms with van der Waals surface area (Å²) in [6.45, 7) is -0.243. The summed E-state index contributed by atoms with van der Waals surface area (Å²) in [4.78, 5) is 25.1. The number of fused-ring (bicyclic) bond motifs is 3. The lowest BCUT2D eigenvalue weighted by molar-refractivity contribution is -0.185. The summed E-state index contributed by atoms with van der Waals surface area (Å²) in [5, 5.41) is 22.8. The van der Waals surface area contributed by atoms with E-state index in [1.54, 1.807) is 28.8 Å². The number of rotatable bonds is 4. The lowest BCUT2D eigenvalue weighted by atomic mass is 10.0. The highest BCUT2D eigenvalue weighted by Crippen LogP contribution is 2.45. The van der Waals surface area contributed by atoms with Crippen molar-refractivity contribution in [1.29, 1.82) is 0 Å². The number of carbonyl (C=O) groups excluding carboxylic acids is 1. The lowest BCUT2D eigenvalue weighted by Crippen LogP contribution is -2.44. The summed E-state index contributed by atoms with van der Waals surface area (Å²) in [6.07, 6.45) is 0.492. The van der Waals surface area contributed by atoms with Crippen molar-refractivity contribution in [2.45, 2.75) is 24.0 Å². The van der Waals surface area contributed by atoms with E-state index in [4.69, 9.17) is 9.47 Å². The number of hydrogen-bond acceptors (Lipinski definition) is 8. The van der Waals surface area contributed by atoms with Gasteiger partial charge in [0, 0.05) is 5.56 Å². The highest BCUT2D eigenvalue weighted by molar-refractivity contribution is 6.06. The zero-order chi connectivity index (χ0) is 19.3. The number of nitrogens with zero attached hydrogens (tertiary/aromatic N) is 4. The molecule has 0 spiro atoms. The fourth-order valence-electron chi connectivity index (χ4n) is 3.65. The van der Waals surface area contributed by atoms with Gasteiger partial charge in [0.2, 0.25) is 0 Å². The minimum absolute atomic E-state index is 0.117. The molecule has 28 heavy (non-hydrogen) atoms. The Kier molecular flexibility index (Phi) is 3.88. The van der Waals surface area contributed by atoms with Gasteiger partial charge < -0.3 is 25.0 Å². The van der Waals surface area contributed by atoms with E-state index in [0.29, 0.717) is 16.7 Å². The maximum absolute atomic E-state index is 12.4. The number of carbonyl (C=O) groups is 1. The van der Waals surface area contributed by atoms with Crippen LogP contribution in [0, 0.1) is 0 Å². The Labute approximate surface area is 158 Å². The number of benzene rings is 1. The molecule has 3 aromatic rings. The van der Waals surface area contributed by atoms with Crippen LogP contribution in [0.1, 0.15) is 16.6 Å². The van der Waals surface area contributed by atoms with Crippen LogP contribution in [0.25, 0.3) is 11.2 Å². The largest absolute Gasteiger partial charge is 0.393 e. The van der Waals surface area contributed by atoms with Crippen LogP contribution in [0.3, 0.4) is 0 Å². The standard InChI is InChI=1S/C18H17N5O5/c24-6-18-7-27-12(13(18)25)17(28-18)23-9-21-11-14(19-8-20-15(11)23)22-16(26)10-4-2-1-3-5-10/h1-5,8-9,12-13,17,24-25H,6-7H2,(H,19,20,22,26)/t12-,13+,17+,18+/m0/s1. The summed E-state index contributed by atoms with van der Waals surface area (Å²) >= 11 is 0. The zero-order valence-corrected chi connectivity index (χ0v) is 14.6. The number of aromatic nitrogens is 4. The first-order valence-electron chi connectivity index (χ1n) is 8.75. The second kappa shape index (κ2) is 6.31. The van der Waals surface area contributed by atoms with E-state index in [2.05, 4.69) is 20.3 Å². The van der Waals surface area contributed by atoms with Gasteiger partial charge in [0.05, 0.1) is 19.5 Å². The molecule has 144 valence electrons. The van der Waals surface area contributed by atoms with Crippen molar-refractivity contribution in [3.8, 4) is 0 Å². The number of aliphatic hydroxyl groups excluding tert-OH is 2. The highest BCUT2D eigenvalue weighted by Gasteiger charge is 2.61. The van der Waals surface area contributed by atoms with Gasteiger partial charge in [0.15, 0.2) is 23.2 Å². The number of hydrogen-bond donors (Lipinski definition) is 3. The maximum atomic E-state index is 12.4. The minimum atomic E-state index is -1.15. The van der Waals surface area contributed by atoms with E-state index >= 15 is 0 Å². The van der Waals surface area contributed by atoms with Crippen molar-refractivity contribution in [2.75, 3.05) is 18.5 Å². The van der Waals surface area contributed by atoms with Crippen molar-refractivity contribution in [3.05, 3.63) is 48.5 Å². The number of ether oxygens (including phenoxy) is 2. The fourth-order valence-corrected chi connectivity index (χ4v) is 3.65. The molecule has 2 aromatic heterocycles. The summed E-state index contributed by atoms with van der Waals surface area (Å²) < 4.78 is 13.1. The molecule has 0 aliphatic carbocycles. The maximum Gasteiger partial charge on any atom is 0.256 e. The first-order chi connectivity index (χ1) is 13.6. The molecule has 0 unspecified atom stereocenters. The van der Waals surface area contributed by atoms with Crippen molar-refractivity contribution in [3.63, 3.8) is 0 Å². The van der Waals surface area contributed by atoms with Crippen LogP contribution in [0.4, 0.5) is 5.82 Å². The Balaban J connectivity index is 1.48. The van der Waals surface area contributed by atoms with Crippen molar-refractivity contribution >= 4 is 22.9 Å². The minimum Gasteiger partial charge on any atom is -0.393 e. The van der Waals surface area contributed by atoms with Crippen LogP contribution in [-0.4, -0.2) is 66.7 Å². The molecule has 10 nitrogen and oxygen atoms in total. The van der Waals surface area contributed by atoms with Crippen molar-refractivity contribution in [1.82, 2.24) is 19.5 Å². The Hall–Kier alpha value is -2.92. The molecule has 1 aromatic carbocycles. The fraction of sp³-hybridized carbons (Fsp3) is 0.333. The summed E-state index contributed by atoms with van der Waals surface area (Å²) in [7, 11) is 0. The summed E-state index contributed by atoms with van der Waals surface area (Å²) in [6, 6.07) is 8.76. The van der Waals surface area contributed by atoms with Crippen LogP contribution in [0.5, 0.6) is 0 Å². The average molecular weight is 383 g/mol. The molecule has 3 N–H and O–H groups in total. The first kappa shape index (κ1) is 17.2. The number of nitrogens with one attached hydrogen (secondary N) is 1. The van der Waals surface area contributed by atoms with Crippen LogP contribution >= 0.6 is 0 Å². The molecule has 2 bridgehead atoms. The normalized spacial score (nSPS) is 28.7. The third-order valence-corrected chi connectivity index (χ3v) is 5.18. The van der Waals surface area contributed by atoms with E-state index in [1.165, 1.54) is 12.7 Å². The first-order valence-corrected chi connectivity index (χ1v) is 8.75. The molecule has 10 heteroatoms. The molecule has 4 atom stereocenters. The highest BCUT2D eigenvalue weighted by atomic mass is 16.7. The van der Waals surface area contributed by atoms with Gasteiger partial charge in [-0.3, -0.25) is 9.36 Å². The second-order valence-corrected chi connectivity index (χ2v) is 6.82. The summed E-state index contributed by atoms with van der Waals surface area (Å²) in [5.41, 5.74) is 0.139. The van der Waals surface area contributed by atoms with Gasteiger partial charge in [-0.05, 0) is 12.1 Å². The number of anilines is 1. The molecule has 1 amide bonds. The Morgan fingerprint density at radius 1 is 1.29 bits per heavy atom. The molecular weight excluding hydrogens is 366 g/mol. The van der Waals surface area contributed by atoms with Crippen molar-refractivity contribution < 1.29 is 24.5 Å². The Bertz CT molecular complexity index is 1040. The lowest BCUT2D eigenvalue weighted by Gasteiger charge is -2.29. The van der Waals surface area contributed by atoms with E-state index in [-0.39, 0.29) is 24.9 Å². The third-order valence-electron chi connectivity index (χ3n) is 5.18. The Morgan fingerprint density at radius 2 is 2.11 bits per heavy atom. The molecule has 5 rings (SSSR count). The predicted octanol–water partition coefficient (Wildman–Crippen LogP) is 0.0982. The molecule has 2 aliphatic rings. The molecular formula is C18H17N5O5. The topological polar surface area (TPSA) is 132 Å². The van der Waals surface area contributed by atoms with Crippen LogP contribution in [0.15, 0.2) is 43.0 Å². The second-order valence-electron chi connectivity index (χ2n) is 6.82. The van der Waals surface area contributed by atoms with Gasteiger partial charge in [0.1, 0.15) is 24.1 Å². The van der Waals surface area contributed by atoms with Gasteiger partial charge in [-0.1, -0.05) is 18.2 Å². The number of imidazole rings is 1. The molecule has 2 saturated heterocycles. The molecule has 0 radical (unpaired) electrons. The Morgan fingerprint density at radius 3 is 2.86 bits per heavy atom. The van der Waals surface area contributed by atoms with Gasteiger partial charge in [-0.2, -0.15) is 0 Å². The number of aliphatic hydroxyl groups is 2. The van der Waals surface area contributed by atoms with E-state index in [1.807, 2.05) is 6.07 Å².